The van der Waals surface area contributed by atoms with Gasteiger partial charge in [0.05, 0.1) is 0 Å². The maximum Gasteiger partial charge on any atom is 0.274 e. The summed E-state index contributed by atoms with van der Waals surface area (Å²) >= 11 is 0. The van der Waals surface area contributed by atoms with E-state index in [0.717, 1.165) is 58.7 Å². The lowest BCUT2D eigenvalue weighted by molar-refractivity contribution is 0.585. The molecule has 4 rings (SSSR count). The minimum Gasteiger partial charge on any atom is -0.430 e. The van der Waals surface area contributed by atoms with Crippen LogP contribution in [0.1, 0.15) is 89.8 Å². The van der Waals surface area contributed by atoms with Crippen molar-refractivity contribution in [3.05, 3.63) is 36.0 Å². The normalized spacial score (nSPS) is 10.9. The average Bonchev–Trinajstić information content (AvgIpc) is 3.42. The van der Waals surface area contributed by atoms with Crippen LogP contribution in [-0.4, -0.2) is 9.97 Å². The zero-order valence-electron chi connectivity index (χ0n) is 19.1. The lowest BCUT2D eigenvalue weighted by atomic mass is 10.1. The van der Waals surface area contributed by atoms with Crippen molar-refractivity contribution in [2.75, 3.05) is 0 Å². The molecule has 0 spiro atoms. The Hall–Kier alpha value is -3.24. The quantitative estimate of drug-likeness (QED) is 0.213. The van der Waals surface area contributed by atoms with Crippen LogP contribution in [0.2, 0.25) is 0 Å². The summed E-state index contributed by atoms with van der Waals surface area (Å²) in [5.74, 6) is 13.5. The number of fused-ring (bicyclic) bond motifs is 5. The van der Waals surface area contributed by atoms with E-state index < -0.39 is 0 Å². The smallest absolute Gasteiger partial charge is 0.274 e. The van der Waals surface area contributed by atoms with Gasteiger partial charge in [0.2, 0.25) is 0 Å². The van der Waals surface area contributed by atoms with E-state index in [1.165, 1.54) is 38.5 Å². The third-order valence-corrected chi connectivity index (χ3v) is 5.61. The standard InChI is InChI=1S/C28H30N2O2/c1-3-5-7-9-11-13-15-25-29-27-21-18-20-24-28(22(21)17-19-23(27)31-25)30-26(32-24)16-14-12-10-8-6-4-2/h17-20H,3-12H2,1-2H3. The highest BCUT2D eigenvalue weighted by Gasteiger charge is 2.13. The highest BCUT2D eigenvalue weighted by molar-refractivity contribution is 6.13. The Labute approximate surface area is 189 Å². The third-order valence-electron chi connectivity index (χ3n) is 5.61. The highest BCUT2D eigenvalue weighted by Crippen LogP contribution is 2.31. The molecule has 0 radical (unpaired) electrons. The van der Waals surface area contributed by atoms with E-state index in [4.69, 9.17) is 8.83 Å². The first-order chi connectivity index (χ1) is 15.8. The Morgan fingerprint density at radius 1 is 0.625 bits per heavy atom. The van der Waals surface area contributed by atoms with Crippen molar-refractivity contribution in [3.63, 3.8) is 0 Å². The molecular formula is C28H30N2O2. The molecule has 2 aromatic carbocycles. The topological polar surface area (TPSA) is 52.1 Å². The molecule has 0 bridgehead atoms. The molecule has 0 unspecified atom stereocenters. The van der Waals surface area contributed by atoms with Crippen LogP contribution in [0.4, 0.5) is 0 Å². The summed E-state index contributed by atoms with van der Waals surface area (Å²) in [4.78, 5) is 9.29. The number of unbranched alkanes of at least 4 members (excludes halogenated alkanes) is 8. The van der Waals surface area contributed by atoms with E-state index in [-0.39, 0.29) is 0 Å². The molecular weight excluding hydrogens is 396 g/mol. The second-order valence-electron chi connectivity index (χ2n) is 8.18. The summed E-state index contributed by atoms with van der Waals surface area (Å²) in [7, 11) is 0. The minimum atomic E-state index is 0.470. The zero-order valence-corrected chi connectivity index (χ0v) is 19.1. The molecule has 2 aromatic heterocycles. The molecule has 0 atom stereocenters. The highest BCUT2D eigenvalue weighted by atomic mass is 16.4. The maximum atomic E-state index is 5.86. The predicted octanol–water partition coefficient (Wildman–Crippen LogP) is 7.77. The molecule has 4 heteroatoms. The van der Waals surface area contributed by atoms with Crippen molar-refractivity contribution >= 4 is 33.0 Å². The number of nitrogens with zero attached hydrogens (tertiary/aromatic N) is 2. The summed E-state index contributed by atoms with van der Waals surface area (Å²) in [6.45, 7) is 4.43. The van der Waals surface area contributed by atoms with Gasteiger partial charge in [0, 0.05) is 23.6 Å². The Balaban J connectivity index is 1.56. The van der Waals surface area contributed by atoms with Crippen LogP contribution in [0.25, 0.3) is 33.0 Å². The fourth-order valence-corrected chi connectivity index (χ4v) is 3.85. The van der Waals surface area contributed by atoms with Crippen LogP contribution in [0.3, 0.4) is 0 Å². The van der Waals surface area contributed by atoms with Gasteiger partial charge in [0.1, 0.15) is 11.0 Å². The second-order valence-corrected chi connectivity index (χ2v) is 8.18. The molecule has 32 heavy (non-hydrogen) atoms. The van der Waals surface area contributed by atoms with Crippen LogP contribution in [0.15, 0.2) is 33.1 Å². The van der Waals surface area contributed by atoms with Crippen LogP contribution in [0.5, 0.6) is 0 Å². The molecule has 164 valence electrons. The lowest BCUT2D eigenvalue weighted by Crippen LogP contribution is -1.79. The molecule has 0 aliphatic carbocycles. The fraction of sp³-hybridized carbons (Fsp3) is 0.429. The summed E-state index contributed by atoms with van der Waals surface area (Å²) in [6, 6.07) is 7.89. The van der Waals surface area contributed by atoms with E-state index in [1.54, 1.807) is 0 Å². The van der Waals surface area contributed by atoms with Crippen LogP contribution >= 0.6 is 0 Å². The molecule has 0 fully saturated rings. The van der Waals surface area contributed by atoms with Crippen LogP contribution in [0, 0.1) is 23.7 Å². The summed E-state index contributed by atoms with van der Waals surface area (Å²) in [5, 5.41) is 1.98. The van der Waals surface area contributed by atoms with E-state index in [9.17, 15) is 0 Å². The monoisotopic (exact) mass is 426 g/mol. The number of hydrogen-bond acceptors (Lipinski definition) is 4. The van der Waals surface area contributed by atoms with Crippen molar-refractivity contribution in [1.82, 2.24) is 9.97 Å². The largest absolute Gasteiger partial charge is 0.430 e. The van der Waals surface area contributed by atoms with E-state index in [2.05, 4.69) is 47.5 Å². The van der Waals surface area contributed by atoms with Crippen molar-refractivity contribution in [2.24, 2.45) is 0 Å². The maximum absolute atomic E-state index is 5.86. The number of hydrogen-bond donors (Lipinski definition) is 0. The van der Waals surface area contributed by atoms with Crippen molar-refractivity contribution < 1.29 is 8.83 Å². The van der Waals surface area contributed by atoms with Crippen molar-refractivity contribution in [2.45, 2.75) is 78.1 Å². The molecule has 2 heterocycles. The lowest BCUT2D eigenvalue weighted by Gasteiger charge is -1.97. The fourth-order valence-electron chi connectivity index (χ4n) is 3.85. The summed E-state index contributed by atoms with van der Waals surface area (Å²) < 4.78 is 11.7. The molecule has 0 N–H and O–H groups in total. The van der Waals surface area contributed by atoms with Gasteiger partial charge in [-0.3, -0.25) is 0 Å². The number of benzene rings is 2. The number of aromatic nitrogens is 2. The molecule has 0 saturated carbocycles. The third kappa shape index (κ3) is 5.14. The molecule has 4 aromatic rings. The molecule has 0 aliphatic heterocycles. The average molecular weight is 427 g/mol. The Morgan fingerprint density at radius 3 is 1.53 bits per heavy atom. The first-order valence-corrected chi connectivity index (χ1v) is 11.9. The minimum absolute atomic E-state index is 0.470. The van der Waals surface area contributed by atoms with Gasteiger partial charge in [-0.1, -0.05) is 64.2 Å². The first-order valence-electron chi connectivity index (χ1n) is 11.9. The van der Waals surface area contributed by atoms with E-state index in [1.807, 2.05) is 24.3 Å². The summed E-state index contributed by atoms with van der Waals surface area (Å²) in [6.07, 6.45) is 11.4. The van der Waals surface area contributed by atoms with Gasteiger partial charge in [0.15, 0.2) is 11.2 Å². The van der Waals surface area contributed by atoms with Gasteiger partial charge in [0.25, 0.3) is 11.8 Å². The van der Waals surface area contributed by atoms with Crippen molar-refractivity contribution in [1.29, 1.82) is 0 Å². The van der Waals surface area contributed by atoms with Gasteiger partial charge in [-0.05, 0) is 48.9 Å². The molecule has 0 aliphatic rings. The Morgan fingerprint density at radius 2 is 1.09 bits per heavy atom. The molecule has 0 amide bonds. The SMILES string of the molecule is CCCCCCC#Cc1nc2c(ccc3c2ccc2oc(C#CCCCCCC)nc23)o1. The van der Waals surface area contributed by atoms with E-state index >= 15 is 0 Å². The van der Waals surface area contributed by atoms with Crippen molar-refractivity contribution in [3.8, 4) is 23.7 Å². The summed E-state index contributed by atoms with van der Waals surface area (Å²) in [5.41, 5.74) is 3.10. The number of oxazole rings is 2. The molecule has 0 saturated heterocycles. The van der Waals surface area contributed by atoms with Gasteiger partial charge in [-0.15, -0.1) is 0 Å². The van der Waals surface area contributed by atoms with E-state index in [0.29, 0.717) is 11.8 Å². The second kappa shape index (κ2) is 10.9. The molecule has 4 nitrogen and oxygen atoms in total. The Kier molecular flexibility index (Phi) is 7.47. The zero-order chi connectivity index (χ0) is 22.2. The van der Waals surface area contributed by atoms with Gasteiger partial charge in [-0.2, -0.15) is 0 Å². The van der Waals surface area contributed by atoms with Crippen LogP contribution in [-0.2, 0) is 0 Å². The van der Waals surface area contributed by atoms with Gasteiger partial charge in [-0.25, -0.2) is 9.97 Å². The number of rotatable bonds is 8. The first kappa shape index (κ1) is 22.0. The van der Waals surface area contributed by atoms with Crippen LogP contribution < -0.4 is 0 Å². The van der Waals surface area contributed by atoms with Gasteiger partial charge < -0.3 is 8.83 Å². The predicted molar refractivity (Wildman–Crippen MR) is 130 cm³/mol. The van der Waals surface area contributed by atoms with Gasteiger partial charge >= 0.3 is 0 Å². The Bertz CT molecular complexity index is 1220.